The van der Waals surface area contributed by atoms with E-state index in [9.17, 15) is 0 Å². The van der Waals surface area contributed by atoms with E-state index in [2.05, 4.69) is 10.1 Å². The van der Waals surface area contributed by atoms with E-state index in [4.69, 9.17) is 16.8 Å². The molecule has 0 saturated carbocycles. The van der Waals surface area contributed by atoms with Crippen molar-refractivity contribution in [3.63, 3.8) is 0 Å². The lowest BCUT2D eigenvalue weighted by Crippen LogP contribution is -1.84. The lowest BCUT2D eigenvalue weighted by molar-refractivity contribution is 0.321. The van der Waals surface area contributed by atoms with Crippen molar-refractivity contribution in [2.24, 2.45) is 5.16 Å². The average molecular weight is 157 g/mol. The molecule has 0 spiro atoms. The average Bonchev–Trinajstić information content (AvgIpc) is 1.88. The van der Waals surface area contributed by atoms with E-state index in [1.54, 1.807) is 18.3 Å². The van der Waals surface area contributed by atoms with Crippen molar-refractivity contribution in [2.45, 2.75) is 0 Å². The number of rotatable bonds is 1. The van der Waals surface area contributed by atoms with Crippen LogP contribution in [0.2, 0.25) is 5.02 Å². The Morgan fingerprint density at radius 3 is 3.10 bits per heavy atom. The Bertz CT molecular complexity index is 249. The van der Waals surface area contributed by atoms with Crippen LogP contribution in [0.1, 0.15) is 5.69 Å². The Balaban J connectivity index is 2.95. The highest BCUT2D eigenvalue weighted by molar-refractivity contribution is 6.30. The fourth-order valence-corrected chi connectivity index (χ4v) is 0.719. The van der Waals surface area contributed by atoms with Gasteiger partial charge in [-0.05, 0) is 12.1 Å². The highest BCUT2D eigenvalue weighted by Gasteiger charge is 1.89. The highest BCUT2D eigenvalue weighted by Crippen LogP contribution is 2.05. The summed E-state index contributed by atoms with van der Waals surface area (Å²) in [6.07, 6.45) is 2.76. The van der Waals surface area contributed by atoms with E-state index >= 15 is 0 Å². The molecule has 0 aliphatic rings. The summed E-state index contributed by atoms with van der Waals surface area (Å²) in [6, 6.07) is 3.25. The molecule has 0 atom stereocenters. The molecular formula is C6H5ClN2O. The molecule has 0 aliphatic heterocycles. The highest BCUT2D eigenvalue weighted by atomic mass is 35.5. The number of hydrogen-bond acceptors (Lipinski definition) is 3. The van der Waals surface area contributed by atoms with Gasteiger partial charge in [-0.15, -0.1) is 0 Å². The van der Waals surface area contributed by atoms with Crippen LogP contribution in [0, 0.1) is 0 Å². The molecule has 0 saturated heterocycles. The number of halogens is 1. The SMILES string of the molecule is O/N=C\c1cc(Cl)ccn1. The van der Waals surface area contributed by atoms with Crippen molar-refractivity contribution in [3.05, 3.63) is 29.0 Å². The molecule has 1 aromatic rings. The standard InChI is InChI=1S/C6H5ClN2O/c7-5-1-2-8-6(3-5)4-9-10/h1-4,10H/b9-4-. The van der Waals surface area contributed by atoms with Crippen LogP contribution >= 0.6 is 11.6 Å². The fourth-order valence-electron chi connectivity index (χ4n) is 0.551. The Hall–Kier alpha value is -1.09. The van der Waals surface area contributed by atoms with Crippen LogP contribution in [-0.2, 0) is 0 Å². The van der Waals surface area contributed by atoms with Crippen LogP contribution < -0.4 is 0 Å². The third kappa shape index (κ3) is 1.70. The molecule has 0 amide bonds. The topological polar surface area (TPSA) is 45.5 Å². The Kier molecular flexibility index (Phi) is 2.23. The second-order valence-corrected chi connectivity index (χ2v) is 2.08. The molecule has 1 heterocycles. The van der Waals surface area contributed by atoms with Gasteiger partial charge in [0.15, 0.2) is 0 Å². The number of aromatic nitrogens is 1. The van der Waals surface area contributed by atoms with E-state index in [1.807, 2.05) is 0 Å². The minimum atomic E-state index is 0.537. The largest absolute Gasteiger partial charge is 0.411 e. The summed E-state index contributed by atoms with van der Waals surface area (Å²) in [5.74, 6) is 0. The van der Waals surface area contributed by atoms with Crippen molar-refractivity contribution in [1.29, 1.82) is 0 Å². The second-order valence-electron chi connectivity index (χ2n) is 1.64. The Morgan fingerprint density at radius 1 is 1.70 bits per heavy atom. The minimum absolute atomic E-state index is 0.537. The van der Waals surface area contributed by atoms with Crippen LogP contribution in [-0.4, -0.2) is 16.4 Å². The zero-order valence-corrected chi connectivity index (χ0v) is 5.78. The van der Waals surface area contributed by atoms with Crippen LogP contribution in [0.3, 0.4) is 0 Å². The van der Waals surface area contributed by atoms with Crippen molar-refractivity contribution in [1.82, 2.24) is 4.98 Å². The van der Waals surface area contributed by atoms with Gasteiger partial charge in [-0.25, -0.2) is 0 Å². The summed E-state index contributed by atoms with van der Waals surface area (Å²) in [5, 5.41) is 11.5. The first kappa shape index (κ1) is 7.02. The Morgan fingerprint density at radius 2 is 2.50 bits per heavy atom. The van der Waals surface area contributed by atoms with Gasteiger partial charge >= 0.3 is 0 Å². The van der Waals surface area contributed by atoms with E-state index in [0.717, 1.165) is 0 Å². The van der Waals surface area contributed by atoms with Gasteiger partial charge in [0.2, 0.25) is 0 Å². The Labute approximate surface area is 63.0 Å². The number of pyridine rings is 1. The van der Waals surface area contributed by atoms with Crippen molar-refractivity contribution >= 4 is 17.8 Å². The lowest BCUT2D eigenvalue weighted by Gasteiger charge is -1.89. The maximum absolute atomic E-state index is 8.10. The molecule has 10 heavy (non-hydrogen) atoms. The van der Waals surface area contributed by atoms with Gasteiger partial charge in [0.05, 0.1) is 11.9 Å². The molecule has 0 bridgehead atoms. The molecule has 0 radical (unpaired) electrons. The molecule has 52 valence electrons. The third-order valence-electron chi connectivity index (χ3n) is 0.933. The third-order valence-corrected chi connectivity index (χ3v) is 1.17. The normalized spacial score (nSPS) is 10.5. The second kappa shape index (κ2) is 3.17. The van der Waals surface area contributed by atoms with Crippen LogP contribution in [0.5, 0.6) is 0 Å². The summed E-state index contributed by atoms with van der Waals surface area (Å²) < 4.78 is 0. The molecule has 1 aromatic heterocycles. The minimum Gasteiger partial charge on any atom is -0.411 e. The van der Waals surface area contributed by atoms with Gasteiger partial charge in [-0.3, -0.25) is 4.98 Å². The van der Waals surface area contributed by atoms with Crippen LogP contribution in [0.15, 0.2) is 23.5 Å². The fraction of sp³-hybridized carbons (Fsp3) is 0. The predicted molar refractivity (Wildman–Crippen MR) is 38.6 cm³/mol. The van der Waals surface area contributed by atoms with E-state index in [1.165, 1.54) is 6.21 Å². The van der Waals surface area contributed by atoms with Crippen molar-refractivity contribution in [2.75, 3.05) is 0 Å². The first-order chi connectivity index (χ1) is 4.83. The number of oxime groups is 1. The van der Waals surface area contributed by atoms with Gasteiger partial charge in [0.25, 0.3) is 0 Å². The van der Waals surface area contributed by atoms with E-state index < -0.39 is 0 Å². The number of hydrogen-bond donors (Lipinski definition) is 1. The summed E-state index contributed by atoms with van der Waals surface area (Å²) in [5.41, 5.74) is 0.537. The first-order valence-electron chi connectivity index (χ1n) is 2.62. The van der Waals surface area contributed by atoms with E-state index in [-0.39, 0.29) is 0 Å². The van der Waals surface area contributed by atoms with Crippen LogP contribution in [0.4, 0.5) is 0 Å². The first-order valence-corrected chi connectivity index (χ1v) is 2.99. The van der Waals surface area contributed by atoms with Crippen molar-refractivity contribution in [3.8, 4) is 0 Å². The molecule has 0 fully saturated rings. The van der Waals surface area contributed by atoms with Gasteiger partial charge < -0.3 is 5.21 Å². The molecule has 4 heteroatoms. The molecule has 0 aliphatic carbocycles. The molecular weight excluding hydrogens is 152 g/mol. The van der Waals surface area contributed by atoms with Crippen LogP contribution in [0.25, 0.3) is 0 Å². The maximum atomic E-state index is 8.10. The monoisotopic (exact) mass is 156 g/mol. The molecule has 1 N–H and O–H groups in total. The molecule has 0 aromatic carbocycles. The quantitative estimate of drug-likeness (QED) is 0.381. The molecule has 3 nitrogen and oxygen atoms in total. The van der Waals surface area contributed by atoms with E-state index in [0.29, 0.717) is 10.7 Å². The number of nitrogens with zero attached hydrogens (tertiary/aromatic N) is 2. The van der Waals surface area contributed by atoms with Crippen molar-refractivity contribution < 1.29 is 5.21 Å². The van der Waals surface area contributed by atoms with Gasteiger partial charge in [-0.2, -0.15) is 0 Å². The zero-order chi connectivity index (χ0) is 7.40. The predicted octanol–water partition coefficient (Wildman–Crippen LogP) is 1.54. The van der Waals surface area contributed by atoms with Gasteiger partial charge in [0.1, 0.15) is 0 Å². The lowest BCUT2D eigenvalue weighted by atomic mass is 10.4. The molecule has 0 unspecified atom stereocenters. The maximum Gasteiger partial charge on any atom is 0.0918 e. The summed E-state index contributed by atoms with van der Waals surface area (Å²) in [7, 11) is 0. The van der Waals surface area contributed by atoms with Gasteiger partial charge in [0, 0.05) is 11.2 Å². The summed E-state index contributed by atoms with van der Waals surface area (Å²) in [4.78, 5) is 3.84. The van der Waals surface area contributed by atoms with Gasteiger partial charge in [-0.1, -0.05) is 16.8 Å². The zero-order valence-electron chi connectivity index (χ0n) is 5.03. The smallest absolute Gasteiger partial charge is 0.0918 e. The summed E-state index contributed by atoms with van der Waals surface area (Å²) >= 11 is 5.60. The molecule has 1 rings (SSSR count). The summed E-state index contributed by atoms with van der Waals surface area (Å²) in [6.45, 7) is 0.